The molecule has 0 saturated heterocycles. The van der Waals surface area contributed by atoms with E-state index in [0.717, 1.165) is 16.2 Å². The highest BCUT2D eigenvalue weighted by Gasteiger charge is 2.39. The molecule has 5 rings (SSSR count). The van der Waals surface area contributed by atoms with Crippen molar-refractivity contribution in [3.05, 3.63) is 106 Å². The second-order valence-corrected chi connectivity index (χ2v) is 10.4. The van der Waals surface area contributed by atoms with Gasteiger partial charge in [-0.3, -0.25) is 19.7 Å². The van der Waals surface area contributed by atoms with Crippen LogP contribution in [-0.2, 0) is 14.3 Å². The molecule has 0 unspecified atom stereocenters. The number of nitrogens with zero attached hydrogens (tertiary/aromatic N) is 2. The smallest absolute Gasteiger partial charge is 0.338 e. The number of nitrogens with one attached hydrogen (secondary N) is 2. The van der Waals surface area contributed by atoms with Gasteiger partial charge < -0.3 is 10.1 Å². The zero-order valence-electron chi connectivity index (χ0n) is 21.9. The number of aromatic nitrogens is 1. The number of amides is 3. The molecule has 0 bridgehead atoms. The maximum atomic E-state index is 13.2. The van der Waals surface area contributed by atoms with Crippen molar-refractivity contribution in [2.75, 3.05) is 15.5 Å². The lowest BCUT2D eigenvalue weighted by Gasteiger charge is -2.16. The number of carbonyl (C=O) groups is 4. The third-order valence-corrected chi connectivity index (χ3v) is 7.03. The van der Waals surface area contributed by atoms with Crippen LogP contribution in [0, 0.1) is 0 Å². The Morgan fingerprint density at radius 1 is 0.927 bits per heavy atom. The number of hydrogen-bond acceptors (Lipinski definition) is 8. The molecule has 0 fully saturated rings. The summed E-state index contributed by atoms with van der Waals surface area (Å²) in [5.74, 6) is -2.34. The van der Waals surface area contributed by atoms with Crippen LogP contribution >= 0.6 is 22.9 Å². The minimum Gasteiger partial charge on any atom is -0.459 e. The van der Waals surface area contributed by atoms with Gasteiger partial charge in [0, 0.05) is 22.2 Å². The number of imide groups is 1. The van der Waals surface area contributed by atoms with E-state index < -0.39 is 17.8 Å². The molecule has 0 atom stereocenters. The number of carbonyl (C=O) groups excluding carboxylic acids is 4. The molecule has 0 spiro atoms. The lowest BCUT2D eigenvalue weighted by Crippen LogP contribution is -2.32. The molecule has 0 saturated carbocycles. The van der Waals surface area contributed by atoms with Gasteiger partial charge in [0.2, 0.25) is 0 Å². The van der Waals surface area contributed by atoms with E-state index in [-0.39, 0.29) is 34.0 Å². The highest BCUT2D eigenvalue weighted by molar-refractivity contribution is 7.14. The minimum absolute atomic E-state index is 0.125. The van der Waals surface area contributed by atoms with Crippen molar-refractivity contribution < 1.29 is 23.9 Å². The van der Waals surface area contributed by atoms with E-state index in [1.54, 1.807) is 44.2 Å². The van der Waals surface area contributed by atoms with Crippen molar-refractivity contribution in [2.24, 2.45) is 0 Å². The van der Waals surface area contributed by atoms with Gasteiger partial charge in [-0.1, -0.05) is 48.0 Å². The highest BCUT2D eigenvalue weighted by atomic mass is 35.5. The van der Waals surface area contributed by atoms with Crippen LogP contribution in [-0.4, -0.2) is 34.8 Å². The van der Waals surface area contributed by atoms with Crippen LogP contribution in [0.2, 0.25) is 0 Å². The van der Waals surface area contributed by atoms with E-state index >= 15 is 0 Å². The second-order valence-electron chi connectivity index (χ2n) is 9.20. The molecule has 0 aliphatic carbocycles. The summed E-state index contributed by atoms with van der Waals surface area (Å²) in [6.45, 7) is 3.44. The van der Waals surface area contributed by atoms with Crippen LogP contribution in [0.25, 0.3) is 11.3 Å². The first-order valence-corrected chi connectivity index (χ1v) is 13.8. The number of thiazole rings is 1. The van der Waals surface area contributed by atoms with E-state index in [1.165, 1.54) is 29.5 Å². The standard InChI is InChI=1S/C30H23ClN4O5S/c1-17(2)40-29(39)20-9-6-10-22(15-20)35-27(37)24(31)25(28(35)38)32-21-13-11-19(12-14-21)26(36)34-30-33-23(16-41-30)18-7-4-3-5-8-18/h3-17,32H,1-2H3,(H,33,34,36). The molecule has 9 nitrogen and oxygen atoms in total. The summed E-state index contributed by atoms with van der Waals surface area (Å²) in [5.41, 5.74) is 2.77. The van der Waals surface area contributed by atoms with E-state index in [0.29, 0.717) is 16.4 Å². The fourth-order valence-electron chi connectivity index (χ4n) is 3.99. The van der Waals surface area contributed by atoms with E-state index in [2.05, 4.69) is 15.6 Å². The van der Waals surface area contributed by atoms with Crippen molar-refractivity contribution in [1.82, 2.24) is 4.98 Å². The van der Waals surface area contributed by atoms with Gasteiger partial charge in [-0.2, -0.15) is 0 Å². The second kappa shape index (κ2) is 11.7. The lowest BCUT2D eigenvalue weighted by molar-refractivity contribution is -0.120. The summed E-state index contributed by atoms with van der Waals surface area (Å²) in [6, 6.07) is 22.0. The van der Waals surface area contributed by atoms with Gasteiger partial charge in [-0.05, 0) is 56.3 Å². The van der Waals surface area contributed by atoms with Crippen molar-refractivity contribution >= 4 is 63.1 Å². The van der Waals surface area contributed by atoms with Gasteiger partial charge >= 0.3 is 5.97 Å². The van der Waals surface area contributed by atoms with Crippen LogP contribution in [0.4, 0.5) is 16.5 Å². The zero-order valence-corrected chi connectivity index (χ0v) is 23.5. The first-order chi connectivity index (χ1) is 19.7. The van der Waals surface area contributed by atoms with E-state index in [9.17, 15) is 19.2 Å². The molecule has 0 radical (unpaired) electrons. The molecule has 1 aliphatic heterocycles. The average molecular weight is 587 g/mol. The summed E-state index contributed by atoms with van der Waals surface area (Å²) in [7, 11) is 0. The molecule has 1 aromatic heterocycles. The first-order valence-electron chi connectivity index (χ1n) is 12.5. The van der Waals surface area contributed by atoms with E-state index in [1.807, 2.05) is 35.7 Å². The number of anilines is 3. The normalized spacial score (nSPS) is 13.1. The first kappa shape index (κ1) is 27.8. The van der Waals surface area contributed by atoms with Crippen molar-refractivity contribution in [1.29, 1.82) is 0 Å². The number of hydrogen-bond donors (Lipinski definition) is 2. The van der Waals surface area contributed by atoms with Crippen LogP contribution in [0.1, 0.15) is 34.6 Å². The Bertz CT molecular complexity index is 1680. The van der Waals surface area contributed by atoms with Crippen molar-refractivity contribution in [2.45, 2.75) is 20.0 Å². The Morgan fingerprint density at radius 3 is 2.37 bits per heavy atom. The molecule has 41 heavy (non-hydrogen) atoms. The Hall–Kier alpha value is -4.80. The molecular weight excluding hydrogens is 564 g/mol. The monoisotopic (exact) mass is 586 g/mol. The quantitative estimate of drug-likeness (QED) is 0.190. The highest BCUT2D eigenvalue weighted by Crippen LogP contribution is 2.31. The lowest BCUT2D eigenvalue weighted by atomic mass is 10.2. The number of rotatable bonds is 8. The molecular formula is C30H23ClN4O5S. The number of ether oxygens (including phenoxy) is 1. The number of halogens is 1. The average Bonchev–Trinajstić information content (AvgIpc) is 3.52. The molecule has 3 amide bonds. The zero-order chi connectivity index (χ0) is 29.1. The maximum Gasteiger partial charge on any atom is 0.338 e. The fraction of sp³-hybridized carbons (Fsp3) is 0.100. The molecule has 2 heterocycles. The fourth-order valence-corrected chi connectivity index (χ4v) is 4.92. The van der Waals surface area contributed by atoms with Gasteiger partial charge in [0.1, 0.15) is 10.7 Å². The van der Waals surface area contributed by atoms with Gasteiger partial charge in [0.05, 0.1) is 23.0 Å². The summed E-state index contributed by atoms with van der Waals surface area (Å²) < 4.78 is 5.20. The van der Waals surface area contributed by atoms with Crippen LogP contribution in [0.15, 0.2) is 95.0 Å². The minimum atomic E-state index is -0.733. The molecule has 1 aliphatic rings. The maximum absolute atomic E-state index is 13.2. The van der Waals surface area contributed by atoms with Crippen LogP contribution in [0.5, 0.6) is 0 Å². The molecule has 2 N–H and O–H groups in total. The predicted octanol–water partition coefficient (Wildman–Crippen LogP) is 6.06. The summed E-state index contributed by atoms with van der Waals surface area (Å²) in [4.78, 5) is 56.5. The summed E-state index contributed by atoms with van der Waals surface area (Å²) >= 11 is 7.57. The number of benzene rings is 3. The Balaban J connectivity index is 1.26. The van der Waals surface area contributed by atoms with Crippen LogP contribution in [0.3, 0.4) is 0 Å². The Morgan fingerprint density at radius 2 is 1.66 bits per heavy atom. The van der Waals surface area contributed by atoms with Gasteiger partial charge in [0.25, 0.3) is 17.7 Å². The largest absolute Gasteiger partial charge is 0.459 e. The van der Waals surface area contributed by atoms with Crippen molar-refractivity contribution in [3.63, 3.8) is 0 Å². The Kier molecular flexibility index (Phi) is 7.95. The van der Waals surface area contributed by atoms with E-state index in [4.69, 9.17) is 16.3 Å². The van der Waals surface area contributed by atoms with Crippen LogP contribution < -0.4 is 15.5 Å². The molecule has 11 heteroatoms. The Labute approximate surface area is 244 Å². The van der Waals surface area contributed by atoms with Gasteiger partial charge in [-0.15, -0.1) is 11.3 Å². The molecule has 206 valence electrons. The SMILES string of the molecule is CC(C)OC(=O)c1cccc(N2C(=O)C(Cl)=C(Nc3ccc(C(=O)Nc4nc(-c5ccccc5)cs4)cc3)C2=O)c1. The predicted molar refractivity (Wildman–Crippen MR) is 158 cm³/mol. The summed E-state index contributed by atoms with van der Waals surface area (Å²) in [5, 5.41) is 7.69. The van der Waals surface area contributed by atoms with Gasteiger partial charge in [0.15, 0.2) is 5.13 Å². The molecule has 3 aromatic carbocycles. The summed E-state index contributed by atoms with van der Waals surface area (Å²) in [6.07, 6.45) is -0.328. The van der Waals surface area contributed by atoms with Crippen molar-refractivity contribution in [3.8, 4) is 11.3 Å². The van der Waals surface area contributed by atoms with Gasteiger partial charge in [-0.25, -0.2) is 14.7 Å². The topological polar surface area (TPSA) is 118 Å². The number of esters is 1. The third-order valence-electron chi connectivity index (χ3n) is 5.92. The molecule has 4 aromatic rings. The third kappa shape index (κ3) is 6.03.